The summed E-state index contributed by atoms with van der Waals surface area (Å²) in [5.41, 5.74) is 0. The van der Waals surface area contributed by atoms with Crippen molar-refractivity contribution in [3.63, 3.8) is 0 Å². The van der Waals surface area contributed by atoms with Gasteiger partial charge in [0.25, 0.3) is 0 Å². The second-order valence-electron chi connectivity index (χ2n) is 5.64. The Hall–Kier alpha value is -2.16. The minimum Gasteiger partial charge on any atom is -0.265 e. The Labute approximate surface area is 153 Å². The van der Waals surface area contributed by atoms with Crippen LogP contribution in [0.3, 0.4) is 0 Å². The van der Waals surface area contributed by atoms with E-state index >= 15 is 0 Å². The second kappa shape index (κ2) is 19.9. The lowest BCUT2D eigenvalue weighted by molar-refractivity contribution is -0.478. The van der Waals surface area contributed by atoms with Gasteiger partial charge in [-0.1, -0.05) is 86.3 Å². The fraction of sp³-hybridized carbons (Fsp3) is 0.455. The van der Waals surface area contributed by atoms with Crippen LogP contribution in [-0.4, -0.2) is 11.5 Å². The molecule has 0 fully saturated rings. The highest BCUT2D eigenvalue weighted by molar-refractivity contribution is 5.01. The normalized spacial score (nSPS) is 13.0. The number of hydrogen-bond donors (Lipinski definition) is 0. The van der Waals surface area contributed by atoms with E-state index in [1.807, 2.05) is 12.2 Å². The Kier molecular flexibility index (Phi) is 18.2. The smallest absolute Gasteiger partial charge is 0.207 e. The van der Waals surface area contributed by atoms with Crippen LogP contribution in [0.15, 0.2) is 72.9 Å². The molecule has 3 nitrogen and oxygen atoms in total. The van der Waals surface area contributed by atoms with Gasteiger partial charge in [-0.15, -0.1) is 0 Å². The zero-order chi connectivity index (χ0) is 18.4. The van der Waals surface area contributed by atoms with Crippen molar-refractivity contribution >= 4 is 0 Å². The summed E-state index contributed by atoms with van der Waals surface area (Å²) in [6.07, 6.45) is 33.3. The van der Waals surface area contributed by atoms with E-state index < -0.39 is 0 Å². The number of hydrogen-bond acceptors (Lipinski definition) is 2. The third kappa shape index (κ3) is 21.8. The minimum absolute atomic E-state index is 0.0161. The van der Waals surface area contributed by atoms with E-state index in [0.717, 1.165) is 32.1 Å². The zero-order valence-electron chi connectivity index (χ0n) is 15.6. The molecule has 0 spiro atoms. The number of allylic oxidation sites excluding steroid dienone is 11. The molecule has 0 atom stereocenters. The Morgan fingerprint density at radius 2 is 0.920 bits per heavy atom. The largest absolute Gasteiger partial charge is 0.265 e. The summed E-state index contributed by atoms with van der Waals surface area (Å²) >= 11 is 0. The summed E-state index contributed by atoms with van der Waals surface area (Å²) in [5, 5.41) is 10.1. The van der Waals surface area contributed by atoms with Crippen LogP contribution < -0.4 is 0 Å². The van der Waals surface area contributed by atoms with Crippen LogP contribution in [0.5, 0.6) is 0 Å². The molecule has 0 aromatic rings. The lowest BCUT2D eigenvalue weighted by Gasteiger charge is -1.87. The van der Waals surface area contributed by atoms with E-state index in [9.17, 15) is 10.1 Å². The summed E-state index contributed by atoms with van der Waals surface area (Å²) in [5.74, 6) is 0. The summed E-state index contributed by atoms with van der Waals surface area (Å²) in [6.45, 7) is 2.21. The van der Waals surface area contributed by atoms with E-state index in [4.69, 9.17) is 0 Å². The van der Waals surface area contributed by atoms with Crippen molar-refractivity contribution < 1.29 is 4.92 Å². The maximum atomic E-state index is 10.1. The van der Waals surface area contributed by atoms with Crippen molar-refractivity contribution in [3.05, 3.63) is 83.0 Å². The summed E-state index contributed by atoms with van der Waals surface area (Å²) in [7, 11) is 0. The van der Waals surface area contributed by atoms with Gasteiger partial charge in [-0.2, -0.15) is 0 Å². The van der Waals surface area contributed by atoms with Crippen molar-refractivity contribution in [2.24, 2.45) is 0 Å². The molecule has 0 rings (SSSR count). The predicted molar refractivity (Wildman–Crippen MR) is 109 cm³/mol. The van der Waals surface area contributed by atoms with Crippen molar-refractivity contribution in [3.8, 4) is 0 Å². The van der Waals surface area contributed by atoms with Gasteiger partial charge in [-0.05, 0) is 38.5 Å². The highest BCUT2D eigenvalue weighted by Crippen LogP contribution is 1.97. The molecule has 0 aromatic heterocycles. The molecule has 0 aromatic carbocycles. The molecule has 0 saturated heterocycles. The van der Waals surface area contributed by atoms with Crippen LogP contribution in [0.4, 0.5) is 0 Å². The standard InChI is InChI=1S/C22H33NO2/c1-2-3-4-5-6-7-8-9-10-11-12-13-14-15-16-17-18-19-20-21-22-23(24)25/h4-5,7-8,10-11,13-14,16-17,19-20H,2-3,6,9,12,15,18,21-22H2,1H3/b5-4-,8-7-,11-10-,14-13-,17-16-,20-19-. The molecule has 0 heterocycles. The quantitative estimate of drug-likeness (QED) is 0.188. The first-order valence-electron chi connectivity index (χ1n) is 9.29. The fourth-order valence-corrected chi connectivity index (χ4v) is 1.94. The first kappa shape index (κ1) is 22.8. The van der Waals surface area contributed by atoms with Crippen LogP contribution in [-0.2, 0) is 0 Å². The molecular formula is C22H33NO2. The Bertz CT molecular complexity index is 482. The fourth-order valence-electron chi connectivity index (χ4n) is 1.94. The van der Waals surface area contributed by atoms with E-state index in [0.29, 0.717) is 6.42 Å². The Morgan fingerprint density at radius 1 is 0.600 bits per heavy atom. The van der Waals surface area contributed by atoms with E-state index in [1.165, 1.54) is 12.8 Å². The molecule has 0 aliphatic rings. The average molecular weight is 344 g/mol. The molecule has 0 aliphatic carbocycles. The zero-order valence-corrected chi connectivity index (χ0v) is 15.6. The van der Waals surface area contributed by atoms with Gasteiger partial charge in [-0.25, -0.2) is 0 Å². The van der Waals surface area contributed by atoms with Gasteiger partial charge in [0.1, 0.15) is 0 Å². The molecule has 0 aliphatic heterocycles. The Balaban J connectivity index is 3.51. The van der Waals surface area contributed by atoms with Gasteiger partial charge in [0.15, 0.2) is 0 Å². The number of nitrogens with zero attached hydrogens (tertiary/aromatic N) is 1. The van der Waals surface area contributed by atoms with Crippen molar-refractivity contribution in [1.29, 1.82) is 0 Å². The van der Waals surface area contributed by atoms with Crippen LogP contribution >= 0.6 is 0 Å². The maximum Gasteiger partial charge on any atom is 0.207 e. The van der Waals surface area contributed by atoms with Crippen LogP contribution in [0.25, 0.3) is 0 Å². The van der Waals surface area contributed by atoms with Crippen LogP contribution in [0, 0.1) is 10.1 Å². The molecule has 138 valence electrons. The molecule has 0 unspecified atom stereocenters. The lowest BCUT2D eigenvalue weighted by Crippen LogP contribution is -1.97. The third-order valence-electron chi connectivity index (χ3n) is 3.29. The van der Waals surface area contributed by atoms with Crippen molar-refractivity contribution in [1.82, 2.24) is 0 Å². The van der Waals surface area contributed by atoms with Gasteiger partial charge in [-0.3, -0.25) is 10.1 Å². The second-order valence-corrected chi connectivity index (χ2v) is 5.64. The lowest BCUT2D eigenvalue weighted by atomic mass is 10.2. The van der Waals surface area contributed by atoms with Gasteiger partial charge in [0.05, 0.1) is 0 Å². The van der Waals surface area contributed by atoms with Gasteiger partial charge in [0, 0.05) is 11.3 Å². The first-order chi connectivity index (χ1) is 12.3. The van der Waals surface area contributed by atoms with E-state index in [2.05, 4.69) is 67.7 Å². The van der Waals surface area contributed by atoms with Crippen molar-refractivity contribution in [2.75, 3.05) is 6.54 Å². The summed E-state index contributed by atoms with van der Waals surface area (Å²) in [6, 6.07) is 0. The molecule has 0 bridgehead atoms. The molecule has 0 radical (unpaired) electrons. The van der Waals surface area contributed by atoms with Crippen LogP contribution in [0.2, 0.25) is 0 Å². The maximum absolute atomic E-state index is 10.1. The number of unbranched alkanes of at least 4 members (excludes halogenated alkanes) is 1. The first-order valence-corrected chi connectivity index (χ1v) is 9.29. The third-order valence-corrected chi connectivity index (χ3v) is 3.29. The molecule has 3 heteroatoms. The minimum atomic E-state index is -0.290. The monoisotopic (exact) mass is 343 g/mol. The number of nitro groups is 1. The Morgan fingerprint density at radius 3 is 1.24 bits per heavy atom. The topological polar surface area (TPSA) is 43.1 Å². The van der Waals surface area contributed by atoms with Crippen molar-refractivity contribution in [2.45, 2.75) is 58.3 Å². The predicted octanol–water partition coefficient (Wildman–Crippen LogP) is 6.74. The van der Waals surface area contributed by atoms with E-state index in [1.54, 1.807) is 0 Å². The van der Waals surface area contributed by atoms with Gasteiger partial charge < -0.3 is 0 Å². The van der Waals surface area contributed by atoms with Gasteiger partial charge in [0.2, 0.25) is 6.54 Å². The van der Waals surface area contributed by atoms with E-state index in [-0.39, 0.29) is 11.5 Å². The number of rotatable bonds is 15. The SMILES string of the molecule is CCC/C=C\C/C=C\C/C=C\C/C=C\C/C=C\C/C=C\CC[N+](=O)[O-]. The molecular weight excluding hydrogens is 310 g/mol. The summed E-state index contributed by atoms with van der Waals surface area (Å²) in [4.78, 5) is 9.84. The average Bonchev–Trinajstić information content (AvgIpc) is 2.60. The molecule has 0 saturated carbocycles. The van der Waals surface area contributed by atoms with Gasteiger partial charge >= 0.3 is 0 Å². The molecule has 0 N–H and O–H groups in total. The highest BCUT2D eigenvalue weighted by Gasteiger charge is 1.89. The highest BCUT2D eigenvalue weighted by atomic mass is 16.6. The van der Waals surface area contributed by atoms with Crippen LogP contribution in [0.1, 0.15) is 58.3 Å². The summed E-state index contributed by atoms with van der Waals surface area (Å²) < 4.78 is 0. The molecule has 0 amide bonds. The molecule has 25 heavy (non-hydrogen) atoms.